The van der Waals surface area contributed by atoms with E-state index >= 15 is 0 Å². The number of para-hydroxylation sites is 2. The molecule has 0 saturated carbocycles. The van der Waals surface area contributed by atoms with Crippen LogP contribution in [0.1, 0.15) is 17.7 Å². The number of nitrogens with zero attached hydrogens (tertiary/aromatic N) is 1. The number of benzene rings is 2. The molecule has 1 aromatic heterocycles. The Morgan fingerprint density at radius 3 is 2.58 bits per heavy atom. The highest BCUT2D eigenvalue weighted by Gasteiger charge is 2.12. The predicted octanol–water partition coefficient (Wildman–Crippen LogP) is 3.57. The summed E-state index contributed by atoms with van der Waals surface area (Å²) in [6, 6.07) is 17.8. The summed E-state index contributed by atoms with van der Waals surface area (Å²) in [5, 5.41) is 4.19. The van der Waals surface area contributed by atoms with Crippen LogP contribution in [0.2, 0.25) is 0 Å². The standard InChI is InChI=1S/C20H22N2O2/c1-15-18(17-10-6-7-11-19(17)22(15)2)14-21-20(23)12-13-24-16-8-4-3-5-9-16/h3-11H,12-14H2,1-2H3,(H,21,23). The maximum Gasteiger partial charge on any atom is 0.223 e. The number of hydrogen-bond donors (Lipinski definition) is 1. The molecule has 0 radical (unpaired) electrons. The largest absolute Gasteiger partial charge is 0.493 e. The minimum Gasteiger partial charge on any atom is -0.493 e. The maximum absolute atomic E-state index is 12.1. The molecule has 0 unspecified atom stereocenters. The van der Waals surface area contributed by atoms with Crippen LogP contribution >= 0.6 is 0 Å². The van der Waals surface area contributed by atoms with Crippen molar-refractivity contribution in [2.75, 3.05) is 6.61 Å². The van der Waals surface area contributed by atoms with E-state index in [0.29, 0.717) is 19.6 Å². The molecule has 0 bridgehead atoms. The molecule has 4 nitrogen and oxygen atoms in total. The van der Waals surface area contributed by atoms with Crippen LogP contribution in [0, 0.1) is 6.92 Å². The summed E-state index contributed by atoms with van der Waals surface area (Å²) in [6.45, 7) is 3.00. The number of rotatable bonds is 6. The minimum atomic E-state index is -0.00161. The molecule has 0 aliphatic rings. The third-order valence-electron chi connectivity index (χ3n) is 4.33. The van der Waals surface area contributed by atoms with Crippen LogP contribution in [0.15, 0.2) is 54.6 Å². The summed E-state index contributed by atoms with van der Waals surface area (Å²) >= 11 is 0. The lowest BCUT2D eigenvalue weighted by Gasteiger charge is -2.08. The van der Waals surface area contributed by atoms with Crippen molar-refractivity contribution in [3.63, 3.8) is 0 Å². The zero-order chi connectivity index (χ0) is 16.9. The molecule has 2 aromatic carbocycles. The van der Waals surface area contributed by atoms with Gasteiger partial charge in [-0.2, -0.15) is 0 Å². The van der Waals surface area contributed by atoms with Crippen molar-refractivity contribution in [3.8, 4) is 5.75 Å². The van der Waals surface area contributed by atoms with E-state index in [9.17, 15) is 4.79 Å². The number of fused-ring (bicyclic) bond motifs is 1. The molecule has 3 aromatic rings. The Morgan fingerprint density at radius 1 is 1.08 bits per heavy atom. The van der Waals surface area contributed by atoms with E-state index in [0.717, 1.165) is 5.75 Å². The van der Waals surface area contributed by atoms with Crippen LogP contribution in [0.3, 0.4) is 0 Å². The summed E-state index contributed by atoms with van der Waals surface area (Å²) in [5.41, 5.74) is 3.54. The zero-order valence-electron chi connectivity index (χ0n) is 14.1. The second-order valence-corrected chi connectivity index (χ2v) is 5.83. The first-order valence-corrected chi connectivity index (χ1v) is 8.14. The second kappa shape index (κ2) is 7.21. The maximum atomic E-state index is 12.1. The van der Waals surface area contributed by atoms with Crippen molar-refractivity contribution >= 4 is 16.8 Å². The van der Waals surface area contributed by atoms with Crippen molar-refractivity contribution in [1.29, 1.82) is 0 Å². The predicted molar refractivity (Wildman–Crippen MR) is 96.1 cm³/mol. The number of amides is 1. The summed E-state index contributed by atoms with van der Waals surface area (Å²) in [4.78, 5) is 12.1. The molecule has 1 heterocycles. The fraction of sp³-hybridized carbons (Fsp3) is 0.250. The molecule has 0 spiro atoms. The van der Waals surface area contributed by atoms with Gasteiger partial charge in [0.2, 0.25) is 5.91 Å². The Kier molecular flexibility index (Phi) is 4.85. The number of carbonyl (C=O) groups excluding carboxylic acids is 1. The highest BCUT2D eigenvalue weighted by atomic mass is 16.5. The van der Waals surface area contributed by atoms with E-state index in [1.807, 2.05) is 42.5 Å². The summed E-state index contributed by atoms with van der Waals surface area (Å²) in [6.07, 6.45) is 0.346. The van der Waals surface area contributed by atoms with E-state index in [2.05, 4.69) is 36.0 Å². The minimum absolute atomic E-state index is 0.00161. The van der Waals surface area contributed by atoms with E-state index in [1.54, 1.807) is 0 Å². The van der Waals surface area contributed by atoms with E-state index in [1.165, 1.54) is 22.2 Å². The lowest BCUT2D eigenvalue weighted by molar-refractivity contribution is -0.121. The lowest BCUT2D eigenvalue weighted by Crippen LogP contribution is -2.24. The summed E-state index contributed by atoms with van der Waals surface area (Å²) in [5.74, 6) is 0.786. The van der Waals surface area contributed by atoms with Crippen LogP contribution in [0.4, 0.5) is 0 Å². The SMILES string of the molecule is Cc1c(CNC(=O)CCOc2ccccc2)c2ccccc2n1C. The quantitative estimate of drug-likeness (QED) is 0.754. The van der Waals surface area contributed by atoms with Crippen LogP contribution in [-0.4, -0.2) is 17.1 Å². The van der Waals surface area contributed by atoms with Crippen molar-refractivity contribution in [2.24, 2.45) is 7.05 Å². The summed E-state index contributed by atoms with van der Waals surface area (Å²) < 4.78 is 7.72. The van der Waals surface area contributed by atoms with Gasteiger partial charge in [0.25, 0.3) is 0 Å². The van der Waals surface area contributed by atoms with Crippen LogP contribution in [0.5, 0.6) is 5.75 Å². The Labute approximate surface area is 142 Å². The van der Waals surface area contributed by atoms with Gasteiger partial charge >= 0.3 is 0 Å². The molecule has 0 atom stereocenters. The Balaban J connectivity index is 1.56. The van der Waals surface area contributed by atoms with E-state index in [-0.39, 0.29) is 5.91 Å². The molecule has 0 fully saturated rings. The fourth-order valence-electron chi connectivity index (χ4n) is 2.88. The van der Waals surface area contributed by atoms with Crippen molar-refractivity contribution in [2.45, 2.75) is 19.9 Å². The molecule has 1 N–H and O–H groups in total. The molecule has 0 aliphatic carbocycles. The molecule has 4 heteroatoms. The average Bonchev–Trinajstić information content (AvgIpc) is 2.85. The normalized spacial score (nSPS) is 10.8. The Bertz CT molecular complexity index is 837. The molecule has 0 saturated heterocycles. The van der Waals surface area contributed by atoms with Gasteiger partial charge in [-0.3, -0.25) is 4.79 Å². The molecule has 24 heavy (non-hydrogen) atoms. The molecule has 1 amide bonds. The number of aromatic nitrogens is 1. The van der Waals surface area contributed by atoms with Gasteiger partial charge in [-0.1, -0.05) is 36.4 Å². The lowest BCUT2D eigenvalue weighted by atomic mass is 10.1. The monoisotopic (exact) mass is 322 g/mol. The molecule has 124 valence electrons. The van der Waals surface area contributed by atoms with Gasteiger partial charge in [0.1, 0.15) is 5.75 Å². The number of hydrogen-bond acceptors (Lipinski definition) is 2. The van der Waals surface area contributed by atoms with Gasteiger partial charge in [-0.15, -0.1) is 0 Å². The first-order valence-electron chi connectivity index (χ1n) is 8.14. The topological polar surface area (TPSA) is 43.3 Å². The first kappa shape index (κ1) is 16.1. The Hall–Kier alpha value is -2.75. The zero-order valence-corrected chi connectivity index (χ0v) is 14.1. The number of aryl methyl sites for hydroxylation is 1. The van der Waals surface area contributed by atoms with Gasteiger partial charge in [-0.25, -0.2) is 0 Å². The van der Waals surface area contributed by atoms with E-state index in [4.69, 9.17) is 4.74 Å². The molecular weight excluding hydrogens is 300 g/mol. The number of carbonyl (C=O) groups is 1. The average molecular weight is 322 g/mol. The van der Waals surface area contributed by atoms with Crippen LogP contribution in [0.25, 0.3) is 10.9 Å². The van der Waals surface area contributed by atoms with E-state index < -0.39 is 0 Å². The van der Waals surface area contributed by atoms with Crippen LogP contribution in [-0.2, 0) is 18.4 Å². The number of ether oxygens (including phenoxy) is 1. The van der Waals surface area contributed by atoms with Crippen molar-refractivity contribution in [1.82, 2.24) is 9.88 Å². The highest BCUT2D eigenvalue weighted by molar-refractivity contribution is 5.86. The molecule has 3 rings (SSSR count). The van der Waals surface area contributed by atoms with Crippen molar-refractivity contribution < 1.29 is 9.53 Å². The van der Waals surface area contributed by atoms with Gasteiger partial charge < -0.3 is 14.6 Å². The van der Waals surface area contributed by atoms with Gasteiger partial charge in [0, 0.05) is 30.2 Å². The fourth-order valence-corrected chi connectivity index (χ4v) is 2.88. The van der Waals surface area contributed by atoms with Gasteiger partial charge in [0.05, 0.1) is 13.0 Å². The smallest absolute Gasteiger partial charge is 0.223 e. The molecule has 0 aliphatic heterocycles. The van der Waals surface area contributed by atoms with Crippen LogP contribution < -0.4 is 10.1 Å². The first-order chi connectivity index (χ1) is 11.7. The Morgan fingerprint density at radius 2 is 1.79 bits per heavy atom. The second-order valence-electron chi connectivity index (χ2n) is 5.83. The van der Waals surface area contributed by atoms with Gasteiger partial charge in [-0.05, 0) is 30.7 Å². The molecular formula is C20H22N2O2. The third kappa shape index (κ3) is 3.43. The highest BCUT2D eigenvalue weighted by Crippen LogP contribution is 2.24. The third-order valence-corrected chi connectivity index (χ3v) is 4.33. The van der Waals surface area contributed by atoms with Crippen molar-refractivity contribution in [3.05, 3.63) is 65.9 Å². The number of nitrogens with one attached hydrogen (secondary N) is 1. The van der Waals surface area contributed by atoms with Gasteiger partial charge in [0.15, 0.2) is 0 Å². The summed E-state index contributed by atoms with van der Waals surface area (Å²) in [7, 11) is 2.05.